The minimum absolute atomic E-state index is 0.648. The number of hydrogen-bond acceptors (Lipinski definition) is 0. The average molecular weight is 325 g/mol. The second kappa shape index (κ2) is 17.3. The van der Waals surface area contributed by atoms with E-state index < -0.39 is 0 Å². The fourth-order valence-electron chi connectivity index (χ4n) is 1.40. The summed E-state index contributed by atoms with van der Waals surface area (Å²) in [5, 5.41) is 0. The van der Waals surface area contributed by atoms with Crippen LogP contribution < -0.4 is 0 Å². The molecule has 132 valence electrons. The first-order valence-corrected chi connectivity index (χ1v) is 8.83. The van der Waals surface area contributed by atoms with Crippen LogP contribution >= 0.6 is 0 Å². The predicted molar refractivity (Wildman–Crippen MR) is 113 cm³/mol. The predicted octanol–water partition coefficient (Wildman–Crippen LogP) is 7.96. The molecule has 2 aromatic rings. The number of aryl methyl sites for hydroxylation is 1. The lowest BCUT2D eigenvalue weighted by molar-refractivity contribution is 0.835. The maximum Gasteiger partial charge on any atom is -0.0231 e. The van der Waals surface area contributed by atoms with E-state index in [0.29, 0.717) is 5.92 Å². The zero-order valence-corrected chi connectivity index (χ0v) is 16.7. The van der Waals surface area contributed by atoms with Crippen molar-refractivity contribution in [2.24, 2.45) is 5.92 Å². The number of hydrogen-bond donors (Lipinski definition) is 0. The van der Waals surface area contributed by atoms with Gasteiger partial charge in [0, 0.05) is 0 Å². The first kappa shape index (κ1) is 24.2. The highest BCUT2D eigenvalue weighted by Crippen LogP contribution is 2.11. The number of benzene rings is 2. The Balaban J connectivity index is 0. The topological polar surface area (TPSA) is 0 Å². The second-order valence-corrected chi connectivity index (χ2v) is 5.47. The van der Waals surface area contributed by atoms with Crippen molar-refractivity contribution in [3.05, 3.63) is 90.5 Å². The van der Waals surface area contributed by atoms with Gasteiger partial charge in [0.05, 0.1) is 0 Å². The van der Waals surface area contributed by atoms with Crippen LogP contribution in [-0.2, 0) is 0 Å². The van der Waals surface area contributed by atoms with Gasteiger partial charge in [0.2, 0.25) is 0 Å². The molecule has 0 spiro atoms. The minimum atomic E-state index is 0.648. The van der Waals surface area contributed by atoms with Crippen molar-refractivity contribution in [2.45, 2.75) is 48.5 Å². The Bertz CT molecular complexity index is 518. The Kier molecular flexibility index (Phi) is 17.4. The molecule has 0 aliphatic carbocycles. The van der Waals surface area contributed by atoms with Crippen LogP contribution in [0.15, 0.2) is 79.4 Å². The maximum absolute atomic E-state index is 3.56. The molecule has 0 saturated heterocycles. The Morgan fingerprint density at radius 3 is 1.50 bits per heavy atom. The fourth-order valence-corrected chi connectivity index (χ4v) is 1.40. The zero-order valence-electron chi connectivity index (χ0n) is 16.7. The standard InChI is InChI=1S/C10H12.C7H8.C5H10.C2H6/c1-3-9(2)10-7-5-4-6-8-10;1-7-5-3-2-4-6-7;1-4-5(2)3;1-2/h3-8H,1-2H3;2-6H,1H3;4-5H,1H2,2-3H3;1-2H3/b9-3+;;;. The molecule has 0 N–H and O–H groups in total. The summed E-state index contributed by atoms with van der Waals surface area (Å²) < 4.78 is 0. The first-order chi connectivity index (χ1) is 11.5. The third kappa shape index (κ3) is 14.8. The highest BCUT2D eigenvalue weighted by atomic mass is 13.9. The van der Waals surface area contributed by atoms with Gasteiger partial charge in [-0.3, -0.25) is 0 Å². The van der Waals surface area contributed by atoms with Crippen molar-refractivity contribution in [1.29, 1.82) is 0 Å². The minimum Gasteiger partial charge on any atom is -0.103 e. The Morgan fingerprint density at radius 1 is 0.875 bits per heavy atom. The highest BCUT2D eigenvalue weighted by molar-refractivity contribution is 5.62. The molecule has 0 radical (unpaired) electrons. The first-order valence-electron chi connectivity index (χ1n) is 8.83. The zero-order chi connectivity index (χ0) is 18.8. The summed E-state index contributed by atoms with van der Waals surface area (Å²) in [5.41, 5.74) is 3.97. The summed E-state index contributed by atoms with van der Waals surface area (Å²) in [6.45, 7) is 18.0. The van der Waals surface area contributed by atoms with Gasteiger partial charge in [0.25, 0.3) is 0 Å². The van der Waals surface area contributed by atoms with Crippen LogP contribution in [-0.4, -0.2) is 0 Å². The summed E-state index contributed by atoms with van der Waals surface area (Å²) in [6, 6.07) is 20.7. The molecular formula is C24H36. The van der Waals surface area contributed by atoms with E-state index in [9.17, 15) is 0 Å². The van der Waals surface area contributed by atoms with Gasteiger partial charge in [-0.15, -0.1) is 6.58 Å². The van der Waals surface area contributed by atoms with Crippen molar-refractivity contribution < 1.29 is 0 Å². The number of rotatable bonds is 2. The molecule has 0 aliphatic heterocycles. The van der Waals surface area contributed by atoms with E-state index in [1.54, 1.807) is 0 Å². The largest absolute Gasteiger partial charge is 0.103 e. The quantitative estimate of drug-likeness (QED) is 0.491. The third-order valence-electron chi connectivity index (χ3n) is 3.07. The summed E-state index contributed by atoms with van der Waals surface area (Å²) >= 11 is 0. The third-order valence-corrected chi connectivity index (χ3v) is 3.07. The van der Waals surface area contributed by atoms with Crippen molar-refractivity contribution in [3.63, 3.8) is 0 Å². The van der Waals surface area contributed by atoms with Gasteiger partial charge >= 0.3 is 0 Å². The van der Waals surface area contributed by atoms with Crippen LogP contribution in [0.2, 0.25) is 0 Å². The van der Waals surface area contributed by atoms with Crippen LogP contribution in [0.4, 0.5) is 0 Å². The van der Waals surface area contributed by atoms with Gasteiger partial charge in [-0.05, 0) is 37.8 Å². The molecule has 0 saturated carbocycles. The van der Waals surface area contributed by atoms with Crippen LogP contribution in [0.5, 0.6) is 0 Å². The summed E-state index contributed by atoms with van der Waals surface area (Å²) in [5.74, 6) is 0.648. The van der Waals surface area contributed by atoms with Gasteiger partial charge in [0.15, 0.2) is 0 Å². The molecule has 2 rings (SSSR count). The van der Waals surface area contributed by atoms with Crippen molar-refractivity contribution in [1.82, 2.24) is 0 Å². The Hall–Kier alpha value is -2.08. The molecule has 0 aromatic heterocycles. The van der Waals surface area contributed by atoms with Gasteiger partial charge in [-0.25, -0.2) is 0 Å². The molecule has 0 heteroatoms. The maximum atomic E-state index is 3.56. The Labute approximate surface area is 151 Å². The molecule has 0 heterocycles. The van der Waals surface area contributed by atoms with Crippen LogP contribution in [0.1, 0.15) is 52.7 Å². The molecule has 0 unspecified atom stereocenters. The monoisotopic (exact) mass is 324 g/mol. The molecular weight excluding hydrogens is 288 g/mol. The summed E-state index contributed by atoms with van der Waals surface area (Å²) in [6.07, 6.45) is 4.04. The van der Waals surface area contributed by atoms with E-state index in [0.717, 1.165) is 0 Å². The smallest absolute Gasteiger partial charge is 0.0231 e. The van der Waals surface area contributed by atoms with Crippen LogP contribution in [0.25, 0.3) is 5.57 Å². The SMILES string of the molecule is C/C=C(\C)c1ccccc1.C=CC(C)C.CC.Cc1ccccc1. The van der Waals surface area contributed by atoms with E-state index in [4.69, 9.17) is 0 Å². The molecule has 0 amide bonds. The van der Waals surface area contributed by atoms with Gasteiger partial charge in [-0.2, -0.15) is 0 Å². The summed E-state index contributed by atoms with van der Waals surface area (Å²) in [4.78, 5) is 0. The molecule has 0 fully saturated rings. The second-order valence-electron chi connectivity index (χ2n) is 5.47. The van der Waals surface area contributed by atoms with Gasteiger partial charge < -0.3 is 0 Å². The molecule has 2 aromatic carbocycles. The van der Waals surface area contributed by atoms with E-state index >= 15 is 0 Å². The lowest BCUT2D eigenvalue weighted by Crippen LogP contribution is -1.75. The van der Waals surface area contributed by atoms with Gasteiger partial charge in [-0.1, -0.05) is 106 Å². The molecule has 0 aliphatic rings. The Morgan fingerprint density at radius 2 is 1.25 bits per heavy atom. The normalized spacial score (nSPS) is 9.42. The van der Waals surface area contributed by atoms with E-state index in [1.165, 1.54) is 16.7 Å². The van der Waals surface area contributed by atoms with E-state index in [2.05, 4.69) is 83.7 Å². The lowest BCUT2D eigenvalue weighted by atomic mass is 10.1. The lowest BCUT2D eigenvalue weighted by Gasteiger charge is -1.97. The van der Waals surface area contributed by atoms with Crippen molar-refractivity contribution >= 4 is 5.57 Å². The van der Waals surface area contributed by atoms with Crippen LogP contribution in [0, 0.1) is 12.8 Å². The highest BCUT2D eigenvalue weighted by Gasteiger charge is 1.88. The van der Waals surface area contributed by atoms with Crippen molar-refractivity contribution in [3.8, 4) is 0 Å². The number of allylic oxidation sites excluding steroid dienone is 3. The molecule has 0 atom stereocenters. The van der Waals surface area contributed by atoms with Crippen LogP contribution in [0.3, 0.4) is 0 Å². The van der Waals surface area contributed by atoms with Gasteiger partial charge in [0.1, 0.15) is 0 Å². The van der Waals surface area contributed by atoms with E-state index in [1.807, 2.05) is 44.2 Å². The average Bonchev–Trinajstić information content (AvgIpc) is 2.65. The molecule has 0 nitrogen and oxygen atoms in total. The molecule has 0 bridgehead atoms. The summed E-state index contributed by atoms with van der Waals surface area (Å²) in [7, 11) is 0. The van der Waals surface area contributed by atoms with Crippen molar-refractivity contribution in [2.75, 3.05) is 0 Å². The molecule has 24 heavy (non-hydrogen) atoms. The fraction of sp³-hybridized carbons (Fsp3) is 0.333. The van der Waals surface area contributed by atoms with E-state index in [-0.39, 0.29) is 0 Å².